The third-order valence-corrected chi connectivity index (χ3v) is 7.78. The van der Waals surface area contributed by atoms with Crippen molar-refractivity contribution in [2.24, 2.45) is 0 Å². The lowest BCUT2D eigenvalue weighted by atomic mass is 10.1. The van der Waals surface area contributed by atoms with Gasteiger partial charge >= 0.3 is 0 Å². The summed E-state index contributed by atoms with van der Waals surface area (Å²) in [5.41, 5.74) is 3.83. The Labute approximate surface area is 204 Å². The number of H-pyrrole nitrogens is 2. The van der Waals surface area contributed by atoms with Crippen LogP contribution in [0.4, 0.5) is 0 Å². The SMILES string of the molecule is Clc1ccc2[nH]c(CCCCCCc3[nH]c4ccc(Cl)c(Cl)c4c3Cl)c(Cl)c2c1Cl. The first-order valence-corrected chi connectivity index (χ1v) is 11.9. The molecule has 2 aromatic heterocycles. The molecule has 30 heavy (non-hydrogen) atoms. The number of hydrogen-bond donors (Lipinski definition) is 2. The molecule has 0 atom stereocenters. The van der Waals surface area contributed by atoms with E-state index in [0.717, 1.165) is 71.7 Å². The molecule has 2 heterocycles. The largest absolute Gasteiger partial charge is 0.357 e. The van der Waals surface area contributed by atoms with E-state index in [1.165, 1.54) is 0 Å². The lowest BCUT2D eigenvalue weighted by Gasteiger charge is -2.02. The van der Waals surface area contributed by atoms with Crippen LogP contribution in [0.1, 0.15) is 37.1 Å². The van der Waals surface area contributed by atoms with Gasteiger partial charge in [0, 0.05) is 33.2 Å². The fourth-order valence-corrected chi connectivity index (χ4v) is 5.38. The van der Waals surface area contributed by atoms with E-state index in [1.54, 1.807) is 12.1 Å². The van der Waals surface area contributed by atoms with E-state index >= 15 is 0 Å². The molecule has 0 saturated carbocycles. The van der Waals surface area contributed by atoms with Gasteiger partial charge in [0.1, 0.15) is 0 Å². The zero-order valence-electron chi connectivity index (χ0n) is 15.8. The minimum absolute atomic E-state index is 0.498. The van der Waals surface area contributed by atoms with Gasteiger partial charge in [-0.2, -0.15) is 0 Å². The molecular weight excluding hydrogens is 505 g/mol. The highest BCUT2D eigenvalue weighted by Gasteiger charge is 2.15. The number of benzene rings is 2. The number of aromatic nitrogens is 2. The molecule has 0 aliphatic carbocycles. The van der Waals surface area contributed by atoms with Crippen molar-refractivity contribution in [3.8, 4) is 0 Å². The Morgan fingerprint density at radius 3 is 1.30 bits per heavy atom. The number of aromatic amines is 2. The molecular formula is C22H18Cl6N2. The van der Waals surface area contributed by atoms with E-state index < -0.39 is 0 Å². The average molecular weight is 523 g/mol. The van der Waals surface area contributed by atoms with E-state index in [0.29, 0.717) is 30.1 Å². The van der Waals surface area contributed by atoms with E-state index in [-0.39, 0.29) is 0 Å². The molecule has 0 bridgehead atoms. The molecule has 158 valence electrons. The van der Waals surface area contributed by atoms with Crippen LogP contribution in [0.15, 0.2) is 24.3 Å². The zero-order chi connectivity index (χ0) is 21.4. The van der Waals surface area contributed by atoms with Crippen molar-refractivity contribution >= 4 is 91.4 Å². The Bertz CT molecular complexity index is 1130. The van der Waals surface area contributed by atoms with Gasteiger partial charge in [0.25, 0.3) is 0 Å². The molecule has 0 fully saturated rings. The number of aryl methyl sites for hydroxylation is 2. The second-order valence-corrected chi connectivity index (χ2v) is 9.64. The molecule has 0 aliphatic heterocycles. The summed E-state index contributed by atoms with van der Waals surface area (Å²) in [6.45, 7) is 0. The van der Waals surface area contributed by atoms with E-state index in [9.17, 15) is 0 Å². The number of rotatable bonds is 7. The first kappa shape index (κ1) is 22.5. The van der Waals surface area contributed by atoms with Crippen LogP contribution in [-0.4, -0.2) is 9.97 Å². The molecule has 2 nitrogen and oxygen atoms in total. The first-order valence-electron chi connectivity index (χ1n) is 9.66. The molecule has 0 spiro atoms. The first-order chi connectivity index (χ1) is 14.4. The Kier molecular flexibility index (Phi) is 7.04. The Morgan fingerprint density at radius 2 is 0.900 bits per heavy atom. The molecule has 2 aromatic carbocycles. The third kappa shape index (κ3) is 4.28. The van der Waals surface area contributed by atoms with Crippen molar-refractivity contribution in [2.75, 3.05) is 0 Å². The van der Waals surface area contributed by atoms with Gasteiger partial charge in [-0.25, -0.2) is 0 Å². The highest BCUT2D eigenvalue weighted by atomic mass is 35.5. The van der Waals surface area contributed by atoms with Crippen molar-refractivity contribution in [1.29, 1.82) is 0 Å². The van der Waals surface area contributed by atoms with Gasteiger partial charge in [-0.3, -0.25) is 0 Å². The highest BCUT2D eigenvalue weighted by molar-refractivity contribution is 6.49. The second kappa shape index (κ2) is 9.40. The van der Waals surface area contributed by atoms with Crippen LogP contribution in [0.25, 0.3) is 21.8 Å². The van der Waals surface area contributed by atoms with Crippen LogP contribution in [0.2, 0.25) is 30.1 Å². The van der Waals surface area contributed by atoms with Crippen LogP contribution >= 0.6 is 69.6 Å². The highest BCUT2D eigenvalue weighted by Crippen LogP contribution is 2.39. The Morgan fingerprint density at radius 1 is 0.500 bits per heavy atom. The molecule has 0 aliphatic rings. The van der Waals surface area contributed by atoms with Crippen molar-refractivity contribution in [1.82, 2.24) is 9.97 Å². The average Bonchev–Trinajstić information content (AvgIpc) is 3.22. The van der Waals surface area contributed by atoms with Crippen LogP contribution < -0.4 is 0 Å². The van der Waals surface area contributed by atoms with Crippen LogP contribution in [0, 0.1) is 0 Å². The number of hydrogen-bond acceptors (Lipinski definition) is 0. The Hall–Kier alpha value is -0.740. The van der Waals surface area contributed by atoms with Crippen molar-refractivity contribution in [3.63, 3.8) is 0 Å². The molecule has 0 saturated heterocycles. The van der Waals surface area contributed by atoms with Gasteiger partial charge < -0.3 is 9.97 Å². The summed E-state index contributed by atoms with van der Waals surface area (Å²) in [7, 11) is 0. The van der Waals surface area contributed by atoms with E-state index in [2.05, 4.69) is 9.97 Å². The summed E-state index contributed by atoms with van der Waals surface area (Å²) in [6, 6.07) is 7.36. The molecule has 4 aromatic rings. The maximum atomic E-state index is 6.52. The minimum Gasteiger partial charge on any atom is -0.357 e. The monoisotopic (exact) mass is 520 g/mol. The topological polar surface area (TPSA) is 31.6 Å². The summed E-state index contributed by atoms with van der Waals surface area (Å²) < 4.78 is 0. The summed E-state index contributed by atoms with van der Waals surface area (Å²) in [6.07, 6.45) is 5.96. The van der Waals surface area contributed by atoms with Crippen molar-refractivity contribution < 1.29 is 0 Å². The summed E-state index contributed by atoms with van der Waals surface area (Å²) in [5.74, 6) is 0. The van der Waals surface area contributed by atoms with Crippen molar-refractivity contribution in [2.45, 2.75) is 38.5 Å². The lowest BCUT2D eigenvalue weighted by Crippen LogP contribution is -1.90. The standard InChI is InChI=1S/C22H18Cl6N2/c23-11-7-9-13-17(19(11)25)21(27)15(29-13)5-3-1-2-4-6-16-22(28)18-14(30-16)10-8-12(24)20(18)26/h7-10,29-30H,1-6H2. The van der Waals surface area contributed by atoms with Gasteiger partial charge in [0.05, 0.1) is 30.1 Å². The molecule has 0 unspecified atom stereocenters. The van der Waals surface area contributed by atoms with Crippen LogP contribution in [0.3, 0.4) is 0 Å². The molecule has 0 radical (unpaired) electrons. The Balaban J connectivity index is 1.31. The van der Waals surface area contributed by atoms with Crippen LogP contribution in [-0.2, 0) is 12.8 Å². The van der Waals surface area contributed by atoms with Gasteiger partial charge in [0.2, 0.25) is 0 Å². The quantitative estimate of drug-likeness (QED) is 0.226. The van der Waals surface area contributed by atoms with E-state index in [1.807, 2.05) is 12.1 Å². The molecule has 8 heteroatoms. The number of halogens is 6. The third-order valence-electron chi connectivity index (χ3n) is 5.33. The summed E-state index contributed by atoms with van der Waals surface area (Å²) >= 11 is 37.9. The number of fused-ring (bicyclic) bond motifs is 2. The number of nitrogens with one attached hydrogen (secondary N) is 2. The smallest absolute Gasteiger partial charge is 0.0707 e. The lowest BCUT2D eigenvalue weighted by molar-refractivity contribution is 0.634. The molecule has 0 amide bonds. The predicted molar refractivity (Wildman–Crippen MR) is 133 cm³/mol. The maximum absolute atomic E-state index is 6.52. The number of unbranched alkanes of at least 4 members (excludes halogenated alkanes) is 3. The summed E-state index contributed by atoms with van der Waals surface area (Å²) in [5, 5.41) is 4.94. The van der Waals surface area contributed by atoms with Gasteiger partial charge in [-0.15, -0.1) is 0 Å². The zero-order valence-corrected chi connectivity index (χ0v) is 20.4. The van der Waals surface area contributed by atoms with E-state index in [4.69, 9.17) is 69.6 Å². The molecule has 4 rings (SSSR count). The van der Waals surface area contributed by atoms with Gasteiger partial charge in [-0.1, -0.05) is 82.4 Å². The fourth-order valence-electron chi connectivity index (χ4n) is 3.78. The summed E-state index contributed by atoms with van der Waals surface area (Å²) in [4.78, 5) is 6.72. The molecule has 2 N–H and O–H groups in total. The second-order valence-electron chi connectivity index (χ2n) is 7.32. The van der Waals surface area contributed by atoms with Crippen LogP contribution in [0.5, 0.6) is 0 Å². The van der Waals surface area contributed by atoms with Gasteiger partial charge in [0.15, 0.2) is 0 Å². The van der Waals surface area contributed by atoms with Crippen molar-refractivity contribution in [3.05, 3.63) is 65.8 Å². The predicted octanol–water partition coefficient (Wildman–Crippen LogP) is 9.92. The minimum atomic E-state index is 0.498. The maximum Gasteiger partial charge on any atom is 0.0707 e. The fraction of sp³-hybridized carbons (Fsp3) is 0.273. The normalized spacial score (nSPS) is 11.8. The van der Waals surface area contributed by atoms with Gasteiger partial charge in [-0.05, 0) is 49.9 Å².